The zero-order valence-corrected chi connectivity index (χ0v) is 14.2. The zero-order chi connectivity index (χ0) is 16.2. The van der Waals surface area contributed by atoms with E-state index in [1.807, 2.05) is 13.0 Å². The Labute approximate surface area is 132 Å². The van der Waals surface area contributed by atoms with Gasteiger partial charge in [-0.2, -0.15) is 0 Å². The Morgan fingerprint density at radius 2 is 1.91 bits per heavy atom. The molecule has 0 unspecified atom stereocenters. The summed E-state index contributed by atoms with van der Waals surface area (Å²) in [6.07, 6.45) is 0. The SMILES string of the molecule is COc1cc(S(=O)(=O)NCCN2CCOCC2)c(C)cc1C. The molecule has 2 rings (SSSR count). The number of morpholine rings is 1. The van der Waals surface area contributed by atoms with E-state index in [1.54, 1.807) is 20.1 Å². The first-order chi connectivity index (χ1) is 10.4. The number of rotatable bonds is 6. The van der Waals surface area contributed by atoms with Crippen LogP contribution in [0.3, 0.4) is 0 Å². The maximum Gasteiger partial charge on any atom is 0.241 e. The summed E-state index contributed by atoms with van der Waals surface area (Å²) in [5, 5.41) is 0. The van der Waals surface area contributed by atoms with Crippen molar-refractivity contribution in [2.24, 2.45) is 0 Å². The molecule has 0 saturated carbocycles. The maximum atomic E-state index is 12.5. The second kappa shape index (κ2) is 7.41. The molecule has 1 saturated heterocycles. The van der Waals surface area contributed by atoms with Gasteiger partial charge in [0.1, 0.15) is 5.75 Å². The van der Waals surface area contributed by atoms with Gasteiger partial charge in [-0.1, -0.05) is 6.07 Å². The highest BCUT2D eigenvalue weighted by atomic mass is 32.2. The summed E-state index contributed by atoms with van der Waals surface area (Å²) in [5.41, 5.74) is 1.64. The Kier molecular flexibility index (Phi) is 5.80. The molecule has 124 valence electrons. The maximum absolute atomic E-state index is 12.5. The Bertz CT molecular complexity index is 610. The van der Waals surface area contributed by atoms with Crippen molar-refractivity contribution in [1.29, 1.82) is 0 Å². The first-order valence-electron chi connectivity index (χ1n) is 7.39. The van der Waals surface area contributed by atoms with Crippen LogP contribution in [0.15, 0.2) is 17.0 Å². The minimum atomic E-state index is -3.53. The normalized spacial score (nSPS) is 16.7. The quantitative estimate of drug-likeness (QED) is 0.841. The van der Waals surface area contributed by atoms with Crippen LogP contribution in [-0.2, 0) is 14.8 Å². The molecule has 0 aliphatic carbocycles. The predicted molar refractivity (Wildman–Crippen MR) is 84.9 cm³/mol. The van der Waals surface area contributed by atoms with E-state index in [1.165, 1.54) is 0 Å². The molecule has 1 N–H and O–H groups in total. The highest BCUT2D eigenvalue weighted by Gasteiger charge is 2.19. The van der Waals surface area contributed by atoms with E-state index in [2.05, 4.69) is 9.62 Å². The van der Waals surface area contributed by atoms with Gasteiger partial charge in [0.15, 0.2) is 0 Å². The van der Waals surface area contributed by atoms with Crippen LogP contribution in [0, 0.1) is 13.8 Å². The Balaban J connectivity index is 2.03. The molecule has 1 aliphatic heterocycles. The Morgan fingerprint density at radius 1 is 1.23 bits per heavy atom. The molecule has 0 aromatic heterocycles. The van der Waals surface area contributed by atoms with Crippen molar-refractivity contribution in [3.63, 3.8) is 0 Å². The van der Waals surface area contributed by atoms with Crippen LogP contribution < -0.4 is 9.46 Å². The van der Waals surface area contributed by atoms with Gasteiger partial charge in [0.2, 0.25) is 10.0 Å². The average Bonchev–Trinajstić information content (AvgIpc) is 2.48. The molecule has 1 heterocycles. The number of nitrogens with zero attached hydrogens (tertiary/aromatic N) is 1. The second-order valence-electron chi connectivity index (χ2n) is 5.44. The molecule has 22 heavy (non-hydrogen) atoms. The fourth-order valence-electron chi connectivity index (χ4n) is 2.56. The number of aryl methyl sites for hydroxylation is 2. The Morgan fingerprint density at radius 3 is 2.55 bits per heavy atom. The van der Waals surface area contributed by atoms with Crippen molar-refractivity contribution in [1.82, 2.24) is 9.62 Å². The molecule has 1 aliphatic rings. The number of ether oxygens (including phenoxy) is 2. The summed E-state index contributed by atoms with van der Waals surface area (Å²) in [6, 6.07) is 3.41. The number of hydrogen-bond donors (Lipinski definition) is 1. The van der Waals surface area contributed by atoms with Crippen LogP contribution >= 0.6 is 0 Å². The van der Waals surface area contributed by atoms with E-state index >= 15 is 0 Å². The molecule has 0 radical (unpaired) electrons. The van der Waals surface area contributed by atoms with Crippen LogP contribution in [0.5, 0.6) is 5.75 Å². The molecule has 0 bridgehead atoms. The van der Waals surface area contributed by atoms with Crippen molar-refractivity contribution in [2.75, 3.05) is 46.5 Å². The Hall–Kier alpha value is -1.15. The average molecular weight is 328 g/mol. The number of hydrogen-bond acceptors (Lipinski definition) is 5. The number of sulfonamides is 1. The summed E-state index contributed by atoms with van der Waals surface area (Å²) in [7, 11) is -1.99. The highest BCUT2D eigenvalue weighted by molar-refractivity contribution is 7.89. The minimum absolute atomic E-state index is 0.275. The van der Waals surface area contributed by atoms with Crippen molar-refractivity contribution in [3.05, 3.63) is 23.3 Å². The predicted octanol–water partition coefficient (Wildman–Crippen LogP) is 0.923. The van der Waals surface area contributed by atoms with Gasteiger partial charge >= 0.3 is 0 Å². The number of benzene rings is 1. The lowest BCUT2D eigenvalue weighted by Gasteiger charge is -2.26. The van der Waals surface area contributed by atoms with E-state index in [9.17, 15) is 8.42 Å². The van der Waals surface area contributed by atoms with Crippen LogP contribution in [0.2, 0.25) is 0 Å². The molecule has 0 amide bonds. The van der Waals surface area contributed by atoms with Crippen LogP contribution in [0.4, 0.5) is 0 Å². The van der Waals surface area contributed by atoms with Gasteiger partial charge in [0, 0.05) is 32.2 Å². The third kappa shape index (κ3) is 4.19. The zero-order valence-electron chi connectivity index (χ0n) is 13.4. The van der Waals surface area contributed by atoms with Crippen LogP contribution in [-0.4, -0.2) is 59.8 Å². The fraction of sp³-hybridized carbons (Fsp3) is 0.600. The fourth-order valence-corrected chi connectivity index (χ4v) is 3.82. The molecular formula is C15H24N2O4S. The monoisotopic (exact) mass is 328 g/mol. The van der Waals surface area contributed by atoms with Gasteiger partial charge in [0.25, 0.3) is 0 Å². The molecule has 1 aromatic carbocycles. The lowest BCUT2D eigenvalue weighted by molar-refractivity contribution is 0.0390. The lowest BCUT2D eigenvalue weighted by atomic mass is 10.1. The molecule has 7 heteroatoms. The summed E-state index contributed by atoms with van der Waals surface area (Å²) in [6.45, 7) is 7.87. The van der Waals surface area contributed by atoms with Gasteiger partial charge in [0.05, 0.1) is 25.2 Å². The van der Waals surface area contributed by atoms with Crippen molar-refractivity contribution in [3.8, 4) is 5.75 Å². The van der Waals surface area contributed by atoms with Crippen molar-refractivity contribution < 1.29 is 17.9 Å². The van der Waals surface area contributed by atoms with Gasteiger partial charge in [-0.15, -0.1) is 0 Å². The first kappa shape index (κ1) is 17.2. The van der Waals surface area contributed by atoms with E-state index in [0.717, 1.165) is 24.2 Å². The smallest absolute Gasteiger partial charge is 0.241 e. The third-order valence-electron chi connectivity index (χ3n) is 3.81. The highest BCUT2D eigenvalue weighted by Crippen LogP contribution is 2.25. The summed E-state index contributed by atoms with van der Waals surface area (Å²) in [4.78, 5) is 2.46. The van der Waals surface area contributed by atoms with Gasteiger partial charge in [-0.25, -0.2) is 13.1 Å². The van der Waals surface area contributed by atoms with Crippen LogP contribution in [0.25, 0.3) is 0 Å². The topological polar surface area (TPSA) is 67.9 Å². The van der Waals surface area contributed by atoms with E-state index < -0.39 is 10.0 Å². The van der Waals surface area contributed by atoms with E-state index in [0.29, 0.717) is 32.1 Å². The second-order valence-corrected chi connectivity index (χ2v) is 7.17. The summed E-state index contributed by atoms with van der Waals surface area (Å²) < 4.78 is 38.1. The largest absolute Gasteiger partial charge is 0.496 e. The lowest BCUT2D eigenvalue weighted by Crippen LogP contribution is -2.41. The minimum Gasteiger partial charge on any atom is -0.496 e. The van der Waals surface area contributed by atoms with Crippen LogP contribution in [0.1, 0.15) is 11.1 Å². The summed E-state index contributed by atoms with van der Waals surface area (Å²) in [5.74, 6) is 0.583. The molecule has 0 spiro atoms. The third-order valence-corrected chi connectivity index (χ3v) is 5.41. The molecule has 6 nitrogen and oxygen atoms in total. The van der Waals surface area contributed by atoms with Gasteiger partial charge < -0.3 is 9.47 Å². The summed E-state index contributed by atoms with van der Waals surface area (Å²) >= 11 is 0. The van der Waals surface area contributed by atoms with Gasteiger partial charge in [-0.05, 0) is 25.0 Å². The van der Waals surface area contributed by atoms with Crippen molar-refractivity contribution in [2.45, 2.75) is 18.7 Å². The van der Waals surface area contributed by atoms with Gasteiger partial charge in [-0.3, -0.25) is 4.90 Å². The number of methoxy groups -OCH3 is 1. The molecule has 1 aromatic rings. The van der Waals surface area contributed by atoms with E-state index in [-0.39, 0.29) is 4.90 Å². The first-order valence-corrected chi connectivity index (χ1v) is 8.87. The standard InChI is InChI=1S/C15H24N2O4S/c1-12-10-13(2)15(11-14(12)20-3)22(18,19)16-4-5-17-6-8-21-9-7-17/h10-11,16H,4-9H2,1-3H3. The molecular weight excluding hydrogens is 304 g/mol. The van der Waals surface area contributed by atoms with E-state index in [4.69, 9.17) is 9.47 Å². The van der Waals surface area contributed by atoms with Crippen molar-refractivity contribution >= 4 is 10.0 Å². The molecule has 0 atom stereocenters. The number of nitrogens with one attached hydrogen (secondary N) is 1. The molecule has 1 fully saturated rings.